The zero-order chi connectivity index (χ0) is 21.2. The van der Waals surface area contributed by atoms with Crippen LogP contribution in [0.1, 0.15) is 11.1 Å². The van der Waals surface area contributed by atoms with E-state index >= 15 is 0 Å². The van der Waals surface area contributed by atoms with E-state index in [2.05, 4.69) is 10.6 Å². The molecule has 1 aliphatic rings. The molecule has 10 heteroatoms. The summed E-state index contributed by atoms with van der Waals surface area (Å²) in [4.78, 5) is 23.4. The highest BCUT2D eigenvalue weighted by Gasteiger charge is 2.28. The fraction of sp³-hybridized carbons (Fsp3) is 0.263. The Labute approximate surface area is 173 Å². The van der Waals surface area contributed by atoms with E-state index in [1.54, 1.807) is 0 Å². The molecule has 154 valence electrons. The highest BCUT2D eigenvalue weighted by Crippen LogP contribution is 2.36. The summed E-state index contributed by atoms with van der Waals surface area (Å²) in [6.07, 6.45) is 0. The van der Waals surface area contributed by atoms with Gasteiger partial charge in [-0.1, -0.05) is 41.4 Å². The van der Waals surface area contributed by atoms with Crippen LogP contribution in [0.4, 0.5) is 5.69 Å². The molecule has 3 rings (SSSR count). The molecule has 0 saturated carbocycles. The second kappa shape index (κ2) is 8.40. The average molecular weight is 438 g/mol. The molecule has 0 radical (unpaired) electrons. The first-order valence-corrected chi connectivity index (χ1v) is 10.5. The summed E-state index contributed by atoms with van der Waals surface area (Å²) in [6, 6.07) is 10.2. The molecular formula is C19H20ClN3O5S. The minimum atomic E-state index is -4.05. The molecule has 0 saturated heterocycles. The zero-order valence-corrected chi connectivity index (χ0v) is 17.4. The van der Waals surface area contributed by atoms with Crippen LogP contribution in [0.15, 0.2) is 41.3 Å². The molecule has 0 unspecified atom stereocenters. The maximum atomic E-state index is 12.9. The van der Waals surface area contributed by atoms with Gasteiger partial charge in [-0.3, -0.25) is 9.59 Å². The second-order valence-electron chi connectivity index (χ2n) is 6.64. The smallest absolute Gasteiger partial charge is 0.262 e. The van der Waals surface area contributed by atoms with Gasteiger partial charge in [0.1, 0.15) is 10.6 Å². The first-order valence-electron chi connectivity index (χ1n) is 8.71. The number of hydrogen-bond donors (Lipinski definition) is 2. The Balaban J connectivity index is 1.70. The van der Waals surface area contributed by atoms with Gasteiger partial charge in [0.25, 0.3) is 5.91 Å². The van der Waals surface area contributed by atoms with E-state index in [9.17, 15) is 18.0 Å². The summed E-state index contributed by atoms with van der Waals surface area (Å²) < 4.78 is 31.9. The van der Waals surface area contributed by atoms with Crippen molar-refractivity contribution in [2.24, 2.45) is 0 Å². The van der Waals surface area contributed by atoms with Gasteiger partial charge in [-0.15, -0.1) is 0 Å². The summed E-state index contributed by atoms with van der Waals surface area (Å²) in [7, 11) is -2.76. The number of aryl methyl sites for hydroxylation is 1. The molecule has 29 heavy (non-hydrogen) atoms. The lowest BCUT2D eigenvalue weighted by Crippen LogP contribution is -2.38. The molecule has 2 aromatic rings. The van der Waals surface area contributed by atoms with Gasteiger partial charge in [0.15, 0.2) is 6.61 Å². The van der Waals surface area contributed by atoms with Crippen molar-refractivity contribution in [3.63, 3.8) is 0 Å². The number of carbonyl (C=O) groups excluding carboxylic acids is 2. The standard InChI is InChI=1S/C19H20ClN3O5S/c1-12-4-3-5-13(6-12)9-21-18(24)10-23(2)29(26,27)17-8-16-15(7-14(17)20)22-19(25)11-28-16/h3-8H,9-11H2,1-2H3,(H,21,24)(H,22,25). The van der Waals surface area contributed by atoms with Crippen LogP contribution in [0.25, 0.3) is 0 Å². The molecule has 2 aromatic carbocycles. The number of nitrogens with one attached hydrogen (secondary N) is 2. The number of benzene rings is 2. The van der Waals surface area contributed by atoms with Crippen molar-refractivity contribution < 1.29 is 22.7 Å². The predicted octanol–water partition coefficient (Wildman–Crippen LogP) is 1.92. The van der Waals surface area contributed by atoms with E-state index in [-0.39, 0.29) is 34.7 Å². The van der Waals surface area contributed by atoms with Gasteiger partial charge in [-0.05, 0) is 18.6 Å². The van der Waals surface area contributed by atoms with Crippen LogP contribution < -0.4 is 15.4 Å². The van der Waals surface area contributed by atoms with Crippen molar-refractivity contribution in [1.29, 1.82) is 0 Å². The molecule has 1 aliphatic heterocycles. The highest BCUT2D eigenvalue weighted by atomic mass is 35.5. The average Bonchev–Trinajstić information content (AvgIpc) is 2.65. The third kappa shape index (κ3) is 4.87. The number of ether oxygens (including phenoxy) is 1. The minimum absolute atomic E-state index is 0.0819. The Kier molecular flexibility index (Phi) is 6.11. The van der Waals surface area contributed by atoms with Gasteiger partial charge in [-0.25, -0.2) is 8.42 Å². The predicted molar refractivity (Wildman–Crippen MR) is 108 cm³/mol. The topological polar surface area (TPSA) is 105 Å². The van der Waals surface area contributed by atoms with E-state index in [4.69, 9.17) is 16.3 Å². The van der Waals surface area contributed by atoms with Gasteiger partial charge in [-0.2, -0.15) is 4.31 Å². The summed E-state index contributed by atoms with van der Waals surface area (Å²) >= 11 is 6.12. The molecule has 0 spiro atoms. The fourth-order valence-corrected chi connectivity index (χ4v) is 4.45. The van der Waals surface area contributed by atoms with Crippen LogP contribution in [0, 0.1) is 6.92 Å². The van der Waals surface area contributed by atoms with Crippen LogP contribution >= 0.6 is 11.6 Å². The number of anilines is 1. The maximum Gasteiger partial charge on any atom is 0.262 e. The number of halogens is 1. The largest absolute Gasteiger partial charge is 0.482 e. The lowest BCUT2D eigenvalue weighted by molar-refractivity contribution is -0.121. The third-order valence-corrected chi connectivity index (χ3v) is 6.56. The van der Waals surface area contributed by atoms with Crippen LogP contribution in [-0.2, 0) is 26.2 Å². The van der Waals surface area contributed by atoms with Crippen molar-refractivity contribution in [3.8, 4) is 5.75 Å². The molecule has 0 atom stereocenters. The van der Waals surface area contributed by atoms with Crippen LogP contribution in [0.3, 0.4) is 0 Å². The molecule has 2 amide bonds. The Morgan fingerprint density at radius 1 is 1.31 bits per heavy atom. The van der Waals surface area contributed by atoms with Crippen molar-refractivity contribution in [2.75, 3.05) is 25.5 Å². The van der Waals surface area contributed by atoms with Crippen molar-refractivity contribution in [1.82, 2.24) is 9.62 Å². The van der Waals surface area contributed by atoms with Gasteiger partial charge < -0.3 is 15.4 Å². The summed E-state index contributed by atoms with van der Waals surface area (Å²) in [5.41, 5.74) is 2.28. The van der Waals surface area contributed by atoms with E-state index in [0.717, 1.165) is 15.4 Å². The number of fused-ring (bicyclic) bond motifs is 1. The zero-order valence-electron chi connectivity index (χ0n) is 15.9. The first-order chi connectivity index (χ1) is 13.7. The van der Waals surface area contributed by atoms with Gasteiger partial charge in [0.05, 0.1) is 17.3 Å². The lowest BCUT2D eigenvalue weighted by Gasteiger charge is -2.22. The Hall–Kier alpha value is -2.62. The molecule has 0 aliphatic carbocycles. The maximum absolute atomic E-state index is 12.9. The molecule has 2 N–H and O–H groups in total. The Bertz CT molecular complexity index is 1070. The second-order valence-corrected chi connectivity index (χ2v) is 9.06. The monoisotopic (exact) mass is 437 g/mol. The number of nitrogens with zero attached hydrogens (tertiary/aromatic N) is 1. The van der Waals surface area contributed by atoms with E-state index in [0.29, 0.717) is 12.2 Å². The molecule has 8 nitrogen and oxygen atoms in total. The quantitative estimate of drug-likeness (QED) is 0.718. The van der Waals surface area contributed by atoms with Gasteiger partial charge in [0, 0.05) is 19.7 Å². The number of sulfonamides is 1. The first kappa shape index (κ1) is 21.1. The van der Waals surface area contributed by atoms with E-state index in [1.165, 1.54) is 19.2 Å². The summed E-state index contributed by atoms with van der Waals surface area (Å²) in [5.74, 6) is -0.605. The number of carbonyl (C=O) groups is 2. The lowest BCUT2D eigenvalue weighted by atomic mass is 10.1. The number of hydrogen-bond acceptors (Lipinski definition) is 5. The van der Waals surface area contributed by atoms with Crippen molar-refractivity contribution in [2.45, 2.75) is 18.4 Å². The van der Waals surface area contributed by atoms with Crippen LogP contribution in [0.5, 0.6) is 5.75 Å². The fourth-order valence-electron chi connectivity index (χ4n) is 2.81. The Morgan fingerprint density at radius 3 is 2.79 bits per heavy atom. The summed E-state index contributed by atoms with van der Waals surface area (Å²) in [5, 5.41) is 5.17. The van der Waals surface area contributed by atoms with Crippen LogP contribution in [-0.4, -0.2) is 44.7 Å². The van der Waals surface area contributed by atoms with Crippen LogP contribution in [0.2, 0.25) is 5.02 Å². The number of amides is 2. The SMILES string of the molecule is Cc1cccc(CNC(=O)CN(C)S(=O)(=O)c2cc3c(cc2Cl)NC(=O)CO3)c1. The molecule has 0 bridgehead atoms. The molecular weight excluding hydrogens is 418 g/mol. The molecule has 0 aromatic heterocycles. The van der Waals surface area contributed by atoms with Gasteiger partial charge in [0.2, 0.25) is 15.9 Å². The number of likely N-dealkylation sites (N-methyl/N-ethyl adjacent to an activating group) is 1. The van der Waals surface area contributed by atoms with Crippen molar-refractivity contribution in [3.05, 3.63) is 52.5 Å². The molecule has 0 fully saturated rings. The number of rotatable bonds is 6. The van der Waals surface area contributed by atoms with Crippen molar-refractivity contribution >= 4 is 39.1 Å². The minimum Gasteiger partial charge on any atom is -0.482 e. The summed E-state index contributed by atoms with van der Waals surface area (Å²) in [6.45, 7) is 1.65. The third-order valence-electron chi connectivity index (χ3n) is 4.29. The van der Waals surface area contributed by atoms with E-state index in [1.807, 2.05) is 31.2 Å². The normalized spacial score (nSPS) is 13.4. The Morgan fingerprint density at radius 2 is 2.07 bits per heavy atom. The highest BCUT2D eigenvalue weighted by molar-refractivity contribution is 7.89. The van der Waals surface area contributed by atoms with E-state index < -0.39 is 15.9 Å². The van der Waals surface area contributed by atoms with Gasteiger partial charge >= 0.3 is 0 Å². The molecule has 1 heterocycles.